The van der Waals surface area contributed by atoms with Crippen LogP contribution in [0.2, 0.25) is 0 Å². The highest BCUT2D eigenvalue weighted by molar-refractivity contribution is 5.93. The molecule has 0 aliphatic heterocycles. The van der Waals surface area contributed by atoms with E-state index in [1.807, 2.05) is 6.92 Å². The topological polar surface area (TPSA) is 76.4 Å². The summed E-state index contributed by atoms with van der Waals surface area (Å²) in [6.07, 6.45) is 2.43. The molecule has 0 fully saturated rings. The Morgan fingerprint density at radius 1 is 1.43 bits per heavy atom. The summed E-state index contributed by atoms with van der Waals surface area (Å²) >= 11 is 0. The van der Waals surface area contributed by atoms with Crippen molar-refractivity contribution < 1.29 is 14.6 Å². The molecule has 1 aromatic carbocycles. The molecule has 2 rings (SSSR count). The second-order valence-corrected chi connectivity index (χ2v) is 4.58. The molecule has 1 atom stereocenters. The molecule has 1 unspecified atom stereocenters. The van der Waals surface area contributed by atoms with Crippen molar-refractivity contribution in [3.63, 3.8) is 0 Å². The van der Waals surface area contributed by atoms with E-state index in [-0.39, 0.29) is 12.5 Å². The Morgan fingerprint density at radius 2 is 2.14 bits per heavy atom. The molecule has 0 bridgehead atoms. The first kappa shape index (κ1) is 15.1. The number of benzene rings is 1. The number of carbonyl (C=O) groups is 1. The van der Waals surface area contributed by atoms with Crippen LogP contribution in [-0.4, -0.2) is 34.4 Å². The van der Waals surface area contributed by atoms with Gasteiger partial charge in [-0.3, -0.25) is 9.48 Å². The van der Waals surface area contributed by atoms with Gasteiger partial charge >= 0.3 is 0 Å². The maximum Gasteiger partial charge on any atom is 0.254 e. The molecule has 112 valence electrons. The molecular formula is C15H19N3O3. The van der Waals surface area contributed by atoms with Crippen LogP contribution in [0.25, 0.3) is 0 Å². The number of aliphatic hydroxyl groups is 1. The normalized spacial score (nSPS) is 12.0. The monoisotopic (exact) mass is 289 g/mol. The summed E-state index contributed by atoms with van der Waals surface area (Å²) in [7, 11) is 1.59. The number of amides is 1. The lowest BCUT2D eigenvalue weighted by atomic mass is 10.1. The largest absolute Gasteiger partial charge is 0.497 e. The third-order valence-electron chi connectivity index (χ3n) is 3.18. The average Bonchev–Trinajstić information content (AvgIpc) is 3.01. The minimum Gasteiger partial charge on any atom is -0.497 e. The fraction of sp³-hybridized carbons (Fsp3) is 0.333. The van der Waals surface area contributed by atoms with E-state index in [4.69, 9.17) is 4.74 Å². The molecular weight excluding hydrogens is 270 g/mol. The molecule has 2 N–H and O–H groups in total. The number of aliphatic hydroxyl groups excluding tert-OH is 1. The number of hydrogen-bond donors (Lipinski definition) is 2. The molecule has 21 heavy (non-hydrogen) atoms. The zero-order valence-corrected chi connectivity index (χ0v) is 12.1. The summed E-state index contributed by atoms with van der Waals surface area (Å²) in [5.41, 5.74) is 1.21. The molecule has 1 aromatic heterocycles. The van der Waals surface area contributed by atoms with Gasteiger partial charge in [-0.2, -0.15) is 5.10 Å². The van der Waals surface area contributed by atoms with E-state index in [1.165, 1.54) is 6.20 Å². The Balaban J connectivity index is 1.90. The fourth-order valence-corrected chi connectivity index (χ4v) is 1.89. The zero-order valence-electron chi connectivity index (χ0n) is 12.1. The highest BCUT2D eigenvalue weighted by Crippen LogP contribution is 2.17. The smallest absolute Gasteiger partial charge is 0.254 e. The van der Waals surface area contributed by atoms with Crippen molar-refractivity contribution in [1.29, 1.82) is 0 Å². The first-order valence-corrected chi connectivity index (χ1v) is 6.76. The molecule has 0 saturated heterocycles. The Morgan fingerprint density at radius 3 is 2.71 bits per heavy atom. The second-order valence-electron chi connectivity index (χ2n) is 4.58. The number of methoxy groups -OCH3 is 1. The van der Waals surface area contributed by atoms with Crippen LogP contribution in [0.4, 0.5) is 0 Å². The van der Waals surface area contributed by atoms with Crippen LogP contribution in [0, 0.1) is 0 Å². The number of rotatable bonds is 6. The van der Waals surface area contributed by atoms with Crippen molar-refractivity contribution >= 4 is 5.91 Å². The predicted octanol–water partition coefficient (Wildman–Crippen LogP) is 1.38. The van der Waals surface area contributed by atoms with Gasteiger partial charge in [-0.25, -0.2) is 0 Å². The number of aromatic nitrogens is 2. The molecule has 1 amide bonds. The molecule has 0 radical (unpaired) electrons. The van der Waals surface area contributed by atoms with E-state index >= 15 is 0 Å². The SMILES string of the molecule is CCn1cc(C(=O)NCC(O)c2ccc(OC)cc2)cn1. The molecule has 0 aliphatic carbocycles. The second kappa shape index (κ2) is 6.90. The number of nitrogens with one attached hydrogen (secondary N) is 1. The minimum atomic E-state index is -0.763. The lowest BCUT2D eigenvalue weighted by molar-refractivity contribution is 0.0916. The summed E-state index contributed by atoms with van der Waals surface area (Å²) in [4.78, 5) is 11.9. The lowest BCUT2D eigenvalue weighted by Crippen LogP contribution is -2.28. The van der Waals surface area contributed by atoms with Crippen LogP contribution in [0.15, 0.2) is 36.7 Å². The Bertz CT molecular complexity index is 592. The van der Waals surface area contributed by atoms with Crippen molar-refractivity contribution in [1.82, 2.24) is 15.1 Å². The fourth-order valence-electron chi connectivity index (χ4n) is 1.89. The van der Waals surface area contributed by atoms with Gasteiger partial charge < -0.3 is 15.2 Å². The number of hydrogen-bond acceptors (Lipinski definition) is 4. The zero-order chi connectivity index (χ0) is 15.2. The van der Waals surface area contributed by atoms with Crippen LogP contribution < -0.4 is 10.1 Å². The Labute approximate surface area is 123 Å². The number of carbonyl (C=O) groups excluding carboxylic acids is 1. The molecule has 1 heterocycles. The molecule has 0 spiro atoms. The molecule has 2 aromatic rings. The van der Waals surface area contributed by atoms with Gasteiger partial charge in [-0.05, 0) is 24.6 Å². The van der Waals surface area contributed by atoms with Crippen molar-refractivity contribution in [2.75, 3.05) is 13.7 Å². The van der Waals surface area contributed by atoms with E-state index in [0.717, 1.165) is 11.3 Å². The Kier molecular flexibility index (Phi) is 4.94. The van der Waals surface area contributed by atoms with Crippen LogP contribution in [0.5, 0.6) is 5.75 Å². The van der Waals surface area contributed by atoms with E-state index in [2.05, 4.69) is 10.4 Å². The number of ether oxygens (including phenoxy) is 1. The maximum absolute atomic E-state index is 11.9. The van der Waals surface area contributed by atoms with Crippen molar-refractivity contribution in [2.45, 2.75) is 19.6 Å². The van der Waals surface area contributed by atoms with Crippen molar-refractivity contribution in [3.8, 4) is 5.75 Å². The number of nitrogens with zero attached hydrogens (tertiary/aromatic N) is 2. The van der Waals surface area contributed by atoms with Crippen LogP contribution in [-0.2, 0) is 6.54 Å². The quantitative estimate of drug-likeness (QED) is 0.842. The summed E-state index contributed by atoms with van der Waals surface area (Å²) in [5.74, 6) is 0.476. The van der Waals surface area contributed by atoms with Gasteiger partial charge in [0.25, 0.3) is 5.91 Å². The van der Waals surface area contributed by atoms with Gasteiger partial charge in [0.15, 0.2) is 0 Å². The van der Waals surface area contributed by atoms with E-state index < -0.39 is 6.10 Å². The first-order chi connectivity index (χ1) is 10.1. The molecule has 0 aliphatic rings. The van der Waals surface area contributed by atoms with Crippen LogP contribution in [0.3, 0.4) is 0 Å². The Hall–Kier alpha value is -2.34. The van der Waals surface area contributed by atoms with E-state index in [1.54, 1.807) is 42.3 Å². The van der Waals surface area contributed by atoms with Gasteiger partial charge in [0.1, 0.15) is 5.75 Å². The van der Waals surface area contributed by atoms with Gasteiger partial charge in [0, 0.05) is 19.3 Å². The molecule has 6 nitrogen and oxygen atoms in total. The lowest BCUT2D eigenvalue weighted by Gasteiger charge is -2.12. The predicted molar refractivity (Wildman–Crippen MR) is 78.2 cm³/mol. The summed E-state index contributed by atoms with van der Waals surface area (Å²) in [5, 5.41) is 16.8. The average molecular weight is 289 g/mol. The summed E-state index contributed by atoms with van der Waals surface area (Å²) < 4.78 is 6.73. The third kappa shape index (κ3) is 3.82. The van der Waals surface area contributed by atoms with Gasteiger partial charge in [0.2, 0.25) is 0 Å². The van der Waals surface area contributed by atoms with Crippen molar-refractivity contribution in [3.05, 3.63) is 47.8 Å². The highest BCUT2D eigenvalue weighted by Gasteiger charge is 2.12. The minimum absolute atomic E-state index is 0.141. The standard InChI is InChI=1S/C15H19N3O3/c1-3-18-10-12(8-17-18)15(20)16-9-14(19)11-4-6-13(21-2)7-5-11/h4-8,10,14,19H,3,9H2,1-2H3,(H,16,20). The van der Waals surface area contributed by atoms with Crippen molar-refractivity contribution in [2.24, 2.45) is 0 Å². The van der Waals surface area contributed by atoms with E-state index in [0.29, 0.717) is 12.1 Å². The first-order valence-electron chi connectivity index (χ1n) is 6.76. The van der Waals surface area contributed by atoms with Gasteiger partial charge in [-0.15, -0.1) is 0 Å². The van der Waals surface area contributed by atoms with Crippen LogP contribution in [0.1, 0.15) is 28.9 Å². The molecule has 6 heteroatoms. The third-order valence-corrected chi connectivity index (χ3v) is 3.18. The number of aryl methyl sites for hydroxylation is 1. The highest BCUT2D eigenvalue weighted by atomic mass is 16.5. The van der Waals surface area contributed by atoms with Gasteiger partial charge in [-0.1, -0.05) is 12.1 Å². The van der Waals surface area contributed by atoms with E-state index in [9.17, 15) is 9.90 Å². The maximum atomic E-state index is 11.9. The molecule has 0 saturated carbocycles. The van der Waals surface area contributed by atoms with Crippen LogP contribution >= 0.6 is 0 Å². The summed E-state index contributed by atoms with van der Waals surface area (Å²) in [6.45, 7) is 2.80. The van der Waals surface area contributed by atoms with Gasteiger partial charge in [0.05, 0.1) is 25.0 Å². The summed E-state index contributed by atoms with van der Waals surface area (Å²) in [6, 6.07) is 7.08.